The average Bonchev–Trinajstić information content (AvgIpc) is 2.89. The fraction of sp³-hybridized carbons (Fsp3) is 0.500. The molecule has 0 atom stereocenters. The summed E-state index contributed by atoms with van der Waals surface area (Å²) in [5.74, 6) is 1.58. The Hall–Kier alpha value is -1.16. The number of aliphatic imine (C=N–C) groups is 1. The second-order valence-corrected chi connectivity index (χ2v) is 5.72. The van der Waals surface area contributed by atoms with Crippen molar-refractivity contribution in [2.75, 3.05) is 12.3 Å². The third-order valence-electron chi connectivity index (χ3n) is 3.09. The molecule has 0 saturated heterocycles. The molecule has 1 aromatic rings. The molecule has 98 valence electrons. The Bertz CT molecular complexity index is 372. The van der Waals surface area contributed by atoms with Gasteiger partial charge in [-0.3, -0.25) is 4.99 Å². The van der Waals surface area contributed by atoms with Gasteiger partial charge < -0.3 is 11.1 Å². The molecule has 3 nitrogen and oxygen atoms in total. The molecular weight excluding hydrogens is 242 g/mol. The molecule has 0 amide bonds. The number of rotatable bonds is 5. The summed E-state index contributed by atoms with van der Waals surface area (Å²) >= 11 is 1.81. The lowest BCUT2D eigenvalue weighted by atomic mass is 10.3. The molecule has 1 aromatic carbocycles. The Kier molecular flexibility index (Phi) is 5.39. The first-order chi connectivity index (χ1) is 8.84. The molecule has 2 rings (SSSR count). The summed E-state index contributed by atoms with van der Waals surface area (Å²) in [7, 11) is 0. The molecule has 0 aliphatic heterocycles. The van der Waals surface area contributed by atoms with Crippen molar-refractivity contribution in [1.29, 1.82) is 0 Å². The van der Waals surface area contributed by atoms with Crippen LogP contribution in [-0.2, 0) is 0 Å². The van der Waals surface area contributed by atoms with Gasteiger partial charge in [-0.05, 0) is 25.0 Å². The quantitative estimate of drug-likeness (QED) is 0.371. The van der Waals surface area contributed by atoms with Crippen molar-refractivity contribution in [2.24, 2.45) is 10.7 Å². The lowest BCUT2D eigenvalue weighted by Crippen LogP contribution is -2.38. The highest BCUT2D eigenvalue weighted by Gasteiger charge is 2.14. The van der Waals surface area contributed by atoms with E-state index in [1.807, 2.05) is 17.8 Å². The Balaban J connectivity index is 1.64. The molecule has 0 unspecified atom stereocenters. The Morgan fingerprint density at radius 2 is 2.00 bits per heavy atom. The highest BCUT2D eigenvalue weighted by Crippen LogP contribution is 2.17. The zero-order valence-electron chi connectivity index (χ0n) is 10.6. The van der Waals surface area contributed by atoms with Gasteiger partial charge in [0.15, 0.2) is 5.96 Å². The number of guanidine groups is 1. The molecule has 0 aromatic heterocycles. The third-order valence-corrected chi connectivity index (χ3v) is 4.08. The van der Waals surface area contributed by atoms with Crippen LogP contribution >= 0.6 is 11.8 Å². The maximum atomic E-state index is 5.86. The summed E-state index contributed by atoms with van der Waals surface area (Å²) < 4.78 is 0. The minimum atomic E-state index is 0.551. The highest BCUT2D eigenvalue weighted by atomic mass is 32.2. The lowest BCUT2D eigenvalue weighted by molar-refractivity contribution is 0.626. The van der Waals surface area contributed by atoms with E-state index in [1.54, 1.807) is 0 Å². The van der Waals surface area contributed by atoms with E-state index in [9.17, 15) is 0 Å². The maximum Gasteiger partial charge on any atom is 0.188 e. The van der Waals surface area contributed by atoms with Crippen LogP contribution in [0.15, 0.2) is 40.2 Å². The van der Waals surface area contributed by atoms with Gasteiger partial charge in [0.2, 0.25) is 0 Å². The van der Waals surface area contributed by atoms with E-state index in [0.29, 0.717) is 12.0 Å². The SMILES string of the molecule is NC(=NCCSc1ccccc1)NC1CCCC1. The molecule has 0 heterocycles. The summed E-state index contributed by atoms with van der Waals surface area (Å²) in [6.45, 7) is 0.769. The van der Waals surface area contributed by atoms with Crippen molar-refractivity contribution in [3.63, 3.8) is 0 Å². The van der Waals surface area contributed by atoms with E-state index < -0.39 is 0 Å². The van der Waals surface area contributed by atoms with Crippen LogP contribution in [0.5, 0.6) is 0 Å². The number of hydrogen-bond acceptors (Lipinski definition) is 2. The van der Waals surface area contributed by atoms with Crippen molar-refractivity contribution in [1.82, 2.24) is 5.32 Å². The van der Waals surface area contributed by atoms with Crippen LogP contribution in [0, 0.1) is 0 Å². The highest BCUT2D eigenvalue weighted by molar-refractivity contribution is 7.99. The fourth-order valence-electron chi connectivity index (χ4n) is 2.17. The van der Waals surface area contributed by atoms with Crippen LogP contribution in [0.1, 0.15) is 25.7 Å². The molecule has 4 heteroatoms. The third kappa shape index (κ3) is 4.61. The van der Waals surface area contributed by atoms with E-state index in [-0.39, 0.29) is 0 Å². The molecule has 18 heavy (non-hydrogen) atoms. The Morgan fingerprint density at radius 3 is 2.72 bits per heavy atom. The monoisotopic (exact) mass is 263 g/mol. The van der Waals surface area contributed by atoms with Crippen LogP contribution in [0.3, 0.4) is 0 Å². The topological polar surface area (TPSA) is 50.4 Å². The summed E-state index contributed by atoms with van der Waals surface area (Å²) in [6.07, 6.45) is 5.09. The van der Waals surface area contributed by atoms with Gasteiger partial charge >= 0.3 is 0 Å². The van der Waals surface area contributed by atoms with Crippen molar-refractivity contribution < 1.29 is 0 Å². The zero-order chi connectivity index (χ0) is 12.6. The predicted molar refractivity (Wildman–Crippen MR) is 79.0 cm³/mol. The first-order valence-corrected chi connectivity index (χ1v) is 7.57. The average molecular weight is 263 g/mol. The van der Waals surface area contributed by atoms with Gasteiger partial charge in [-0.15, -0.1) is 11.8 Å². The number of hydrogen-bond donors (Lipinski definition) is 2. The first kappa shape index (κ1) is 13.3. The second-order valence-electron chi connectivity index (χ2n) is 4.55. The van der Waals surface area contributed by atoms with E-state index in [0.717, 1.165) is 12.3 Å². The van der Waals surface area contributed by atoms with Gasteiger partial charge in [0.05, 0.1) is 6.54 Å². The van der Waals surface area contributed by atoms with Crippen molar-refractivity contribution in [3.8, 4) is 0 Å². The molecule has 1 fully saturated rings. The smallest absolute Gasteiger partial charge is 0.188 e. The van der Waals surface area contributed by atoms with Gasteiger partial charge in [0, 0.05) is 16.7 Å². The molecule has 1 aliphatic carbocycles. The minimum absolute atomic E-state index is 0.551. The summed E-state index contributed by atoms with van der Waals surface area (Å²) in [6, 6.07) is 10.9. The fourth-order valence-corrected chi connectivity index (χ4v) is 2.94. The van der Waals surface area contributed by atoms with Gasteiger partial charge in [-0.2, -0.15) is 0 Å². The van der Waals surface area contributed by atoms with Gasteiger partial charge in [0.25, 0.3) is 0 Å². The van der Waals surface area contributed by atoms with Crippen LogP contribution in [0.25, 0.3) is 0 Å². The first-order valence-electron chi connectivity index (χ1n) is 6.59. The Morgan fingerprint density at radius 1 is 1.28 bits per heavy atom. The molecule has 0 radical (unpaired) electrons. The number of benzene rings is 1. The molecule has 1 aliphatic rings. The van der Waals surface area contributed by atoms with Gasteiger partial charge in [-0.1, -0.05) is 31.0 Å². The number of nitrogens with two attached hydrogens (primary N) is 1. The zero-order valence-corrected chi connectivity index (χ0v) is 11.5. The van der Waals surface area contributed by atoms with E-state index >= 15 is 0 Å². The van der Waals surface area contributed by atoms with Crippen LogP contribution in [0.4, 0.5) is 0 Å². The van der Waals surface area contributed by atoms with Crippen LogP contribution in [-0.4, -0.2) is 24.3 Å². The summed E-state index contributed by atoms with van der Waals surface area (Å²) in [5, 5.41) is 3.30. The van der Waals surface area contributed by atoms with Crippen molar-refractivity contribution >= 4 is 17.7 Å². The Labute approximate surface area is 113 Å². The second kappa shape index (κ2) is 7.31. The molecule has 0 spiro atoms. The van der Waals surface area contributed by atoms with Crippen molar-refractivity contribution in [2.45, 2.75) is 36.6 Å². The van der Waals surface area contributed by atoms with E-state index in [1.165, 1.54) is 30.6 Å². The molecular formula is C14H21N3S. The largest absolute Gasteiger partial charge is 0.370 e. The van der Waals surface area contributed by atoms with Gasteiger partial charge in [-0.25, -0.2) is 0 Å². The normalized spacial score (nSPS) is 17.0. The number of nitrogens with zero attached hydrogens (tertiary/aromatic N) is 1. The predicted octanol–water partition coefficient (Wildman–Crippen LogP) is 2.63. The lowest BCUT2D eigenvalue weighted by Gasteiger charge is -2.12. The van der Waals surface area contributed by atoms with Crippen LogP contribution < -0.4 is 11.1 Å². The molecule has 0 bridgehead atoms. The maximum absolute atomic E-state index is 5.86. The number of nitrogens with one attached hydrogen (secondary N) is 1. The summed E-state index contributed by atoms with van der Waals surface area (Å²) in [5.41, 5.74) is 5.86. The van der Waals surface area contributed by atoms with Crippen LogP contribution in [0.2, 0.25) is 0 Å². The standard InChI is InChI=1S/C14H21N3S/c15-14(17-12-6-4-5-7-12)16-10-11-18-13-8-2-1-3-9-13/h1-3,8-9,12H,4-7,10-11H2,(H3,15,16,17). The van der Waals surface area contributed by atoms with E-state index in [4.69, 9.17) is 5.73 Å². The van der Waals surface area contributed by atoms with Gasteiger partial charge in [0.1, 0.15) is 0 Å². The number of thioether (sulfide) groups is 1. The van der Waals surface area contributed by atoms with E-state index in [2.05, 4.69) is 34.6 Å². The minimum Gasteiger partial charge on any atom is -0.370 e. The molecule has 3 N–H and O–H groups in total. The van der Waals surface area contributed by atoms with Crippen molar-refractivity contribution in [3.05, 3.63) is 30.3 Å². The molecule has 1 saturated carbocycles. The summed E-state index contributed by atoms with van der Waals surface area (Å²) in [4.78, 5) is 5.65.